The molecule has 2 aromatic heterocycles. The lowest BCUT2D eigenvalue weighted by molar-refractivity contribution is -0.0610. The van der Waals surface area contributed by atoms with Gasteiger partial charge < -0.3 is 19.7 Å². The van der Waals surface area contributed by atoms with Crippen molar-refractivity contribution in [1.29, 1.82) is 0 Å². The Labute approximate surface area is 209 Å². The van der Waals surface area contributed by atoms with E-state index in [1.165, 1.54) is 0 Å². The summed E-state index contributed by atoms with van der Waals surface area (Å²) in [5, 5.41) is 21.2. The van der Waals surface area contributed by atoms with E-state index in [2.05, 4.69) is 31.5 Å². The summed E-state index contributed by atoms with van der Waals surface area (Å²) < 4.78 is 7.54. The van der Waals surface area contributed by atoms with Gasteiger partial charge in [0.05, 0.1) is 25.0 Å². The van der Waals surface area contributed by atoms with Crippen molar-refractivity contribution in [3.63, 3.8) is 0 Å². The van der Waals surface area contributed by atoms with Crippen molar-refractivity contribution in [2.75, 3.05) is 31.6 Å². The van der Waals surface area contributed by atoms with E-state index in [1.807, 2.05) is 29.8 Å². The second-order valence-corrected chi connectivity index (χ2v) is 10.4. The minimum atomic E-state index is -0.289. The third kappa shape index (κ3) is 4.76. The predicted molar refractivity (Wildman–Crippen MR) is 132 cm³/mol. The number of rotatable bonds is 8. The highest BCUT2D eigenvalue weighted by atomic mass is 16.5. The van der Waals surface area contributed by atoms with Crippen molar-refractivity contribution >= 4 is 11.6 Å². The maximum Gasteiger partial charge on any atom is 0.274 e. The third-order valence-corrected chi connectivity index (χ3v) is 7.40. The number of hydrogen-bond acceptors (Lipinski definition) is 8. The maximum atomic E-state index is 13.3. The van der Waals surface area contributed by atoms with Gasteiger partial charge in [0.25, 0.3) is 5.91 Å². The van der Waals surface area contributed by atoms with Crippen LogP contribution >= 0.6 is 0 Å². The molecular formula is C26H31N7O3. The van der Waals surface area contributed by atoms with E-state index in [0.717, 1.165) is 54.4 Å². The molecule has 0 radical (unpaired) electrons. The zero-order chi connectivity index (χ0) is 24.7. The molecule has 3 fully saturated rings. The molecule has 2 saturated heterocycles. The molecule has 2 N–H and O–H groups in total. The first-order valence-corrected chi connectivity index (χ1v) is 12.6. The van der Waals surface area contributed by atoms with Gasteiger partial charge in [-0.15, -0.1) is 10.2 Å². The SMILES string of the molecule is Cn1cnnc1CC1(c2cccc(NC(=O)c3cc(CN4CC[C@H](O)C4)nc(C4CC4)n3)c2)COC1. The van der Waals surface area contributed by atoms with Gasteiger partial charge >= 0.3 is 0 Å². The molecule has 1 aliphatic carbocycles. The molecule has 2 aliphatic heterocycles. The molecule has 1 atom stereocenters. The van der Waals surface area contributed by atoms with Gasteiger partial charge in [0.15, 0.2) is 0 Å². The van der Waals surface area contributed by atoms with E-state index >= 15 is 0 Å². The summed E-state index contributed by atoms with van der Waals surface area (Å²) >= 11 is 0. The van der Waals surface area contributed by atoms with Gasteiger partial charge in [0.1, 0.15) is 23.7 Å². The predicted octanol–water partition coefficient (Wildman–Crippen LogP) is 1.81. The zero-order valence-electron chi connectivity index (χ0n) is 20.4. The lowest BCUT2D eigenvalue weighted by Gasteiger charge is -2.41. The molecule has 0 bridgehead atoms. The Balaban J connectivity index is 1.21. The van der Waals surface area contributed by atoms with Crippen LogP contribution in [0.4, 0.5) is 5.69 Å². The van der Waals surface area contributed by atoms with Crippen molar-refractivity contribution < 1.29 is 14.6 Å². The van der Waals surface area contributed by atoms with Crippen LogP contribution in [0.25, 0.3) is 0 Å². The maximum absolute atomic E-state index is 13.3. The number of aryl methyl sites for hydroxylation is 1. The molecule has 4 heterocycles. The van der Waals surface area contributed by atoms with Crippen LogP contribution in [0, 0.1) is 0 Å². The number of nitrogens with one attached hydrogen (secondary N) is 1. The number of aliphatic hydroxyl groups is 1. The monoisotopic (exact) mass is 489 g/mol. The summed E-state index contributed by atoms with van der Waals surface area (Å²) in [4.78, 5) is 24.8. The average Bonchev–Trinajstić information content (AvgIpc) is 3.51. The van der Waals surface area contributed by atoms with Crippen molar-refractivity contribution in [2.24, 2.45) is 7.05 Å². The number of ether oxygens (including phenoxy) is 1. The van der Waals surface area contributed by atoms with E-state index in [9.17, 15) is 9.90 Å². The minimum Gasteiger partial charge on any atom is -0.392 e. The largest absolute Gasteiger partial charge is 0.392 e. The van der Waals surface area contributed by atoms with E-state index in [1.54, 1.807) is 12.4 Å². The van der Waals surface area contributed by atoms with Crippen LogP contribution in [0.1, 0.15) is 58.6 Å². The molecule has 0 spiro atoms. The molecule has 3 aromatic rings. The van der Waals surface area contributed by atoms with E-state index < -0.39 is 0 Å². The Hall–Kier alpha value is -3.21. The first-order valence-electron chi connectivity index (χ1n) is 12.6. The molecule has 0 unspecified atom stereocenters. The normalized spacial score (nSPS) is 21.3. The summed E-state index contributed by atoms with van der Waals surface area (Å²) in [6.45, 7) is 3.28. The van der Waals surface area contributed by atoms with Crippen LogP contribution < -0.4 is 5.32 Å². The van der Waals surface area contributed by atoms with Crippen molar-refractivity contribution in [1.82, 2.24) is 29.6 Å². The number of anilines is 1. The number of hydrogen-bond donors (Lipinski definition) is 2. The van der Waals surface area contributed by atoms with Crippen LogP contribution in [0.5, 0.6) is 0 Å². The number of nitrogens with zero attached hydrogens (tertiary/aromatic N) is 6. The van der Waals surface area contributed by atoms with E-state index in [0.29, 0.717) is 44.3 Å². The van der Waals surface area contributed by atoms with Gasteiger partial charge in [-0.2, -0.15) is 0 Å². The number of aromatic nitrogens is 5. The van der Waals surface area contributed by atoms with Crippen LogP contribution in [0.2, 0.25) is 0 Å². The second-order valence-electron chi connectivity index (χ2n) is 10.4. The molecule has 10 heteroatoms. The number of likely N-dealkylation sites (tertiary alicyclic amines) is 1. The highest BCUT2D eigenvalue weighted by molar-refractivity contribution is 6.03. The Morgan fingerprint density at radius 2 is 2.08 bits per heavy atom. The second kappa shape index (κ2) is 9.34. The summed E-state index contributed by atoms with van der Waals surface area (Å²) in [5.41, 5.74) is 2.84. The number of aliphatic hydroxyl groups excluding tert-OH is 1. The van der Waals surface area contributed by atoms with Crippen LogP contribution in [-0.2, 0) is 30.2 Å². The summed E-state index contributed by atoms with van der Waals surface area (Å²) in [6, 6.07) is 9.73. The number of benzene rings is 1. The van der Waals surface area contributed by atoms with Crippen LogP contribution in [0.15, 0.2) is 36.7 Å². The van der Waals surface area contributed by atoms with Crippen molar-refractivity contribution in [3.8, 4) is 0 Å². The third-order valence-electron chi connectivity index (χ3n) is 7.40. The fraction of sp³-hybridized carbons (Fsp3) is 0.500. The smallest absolute Gasteiger partial charge is 0.274 e. The van der Waals surface area contributed by atoms with Gasteiger partial charge in [-0.25, -0.2) is 9.97 Å². The summed E-state index contributed by atoms with van der Waals surface area (Å²) in [6.07, 6.45) is 5.02. The summed E-state index contributed by atoms with van der Waals surface area (Å²) in [7, 11) is 1.94. The molecule has 10 nitrogen and oxygen atoms in total. The zero-order valence-corrected chi connectivity index (χ0v) is 20.4. The molecule has 3 aliphatic rings. The van der Waals surface area contributed by atoms with Crippen molar-refractivity contribution in [3.05, 3.63) is 65.3 Å². The van der Waals surface area contributed by atoms with Crippen molar-refractivity contribution in [2.45, 2.75) is 49.7 Å². The van der Waals surface area contributed by atoms with E-state index in [-0.39, 0.29) is 17.4 Å². The lowest BCUT2D eigenvalue weighted by atomic mass is 9.75. The molecule has 1 saturated carbocycles. The number of carbonyl (C=O) groups excluding carboxylic acids is 1. The first-order chi connectivity index (χ1) is 17.5. The lowest BCUT2D eigenvalue weighted by Crippen LogP contribution is -2.49. The van der Waals surface area contributed by atoms with Gasteiger partial charge in [0, 0.05) is 50.1 Å². The number of amides is 1. The van der Waals surface area contributed by atoms with Gasteiger partial charge in [-0.05, 0) is 43.0 Å². The molecule has 1 aromatic carbocycles. The highest BCUT2D eigenvalue weighted by Crippen LogP contribution is 2.38. The fourth-order valence-corrected chi connectivity index (χ4v) is 5.04. The standard InChI is InChI=1S/C26H31N7O3/c1-32-16-27-31-23(32)11-26(14-36-15-26)18-3-2-4-19(9-18)29-25(35)22-10-20(12-33-8-7-21(34)13-33)28-24(30-22)17-5-6-17/h2-4,9-10,16-17,21,34H,5-8,11-15H2,1H3,(H,29,35)/t21-/m0/s1. The Bertz CT molecular complexity index is 1270. The number of carbonyl (C=O) groups is 1. The van der Waals surface area contributed by atoms with Crippen LogP contribution in [-0.4, -0.2) is 73.1 Å². The van der Waals surface area contributed by atoms with Gasteiger partial charge in [0.2, 0.25) is 0 Å². The Kier molecular flexibility index (Phi) is 6.02. The first kappa shape index (κ1) is 23.2. The molecule has 1 amide bonds. The van der Waals surface area contributed by atoms with Crippen LogP contribution in [0.3, 0.4) is 0 Å². The molecular weight excluding hydrogens is 458 g/mol. The molecule has 188 valence electrons. The Morgan fingerprint density at radius 3 is 2.75 bits per heavy atom. The topological polar surface area (TPSA) is 118 Å². The molecule has 36 heavy (non-hydrogen) atoms. The average molecular weight is 490 g/mol. The van der Waals surface area contributed by atoms with E-state index in [4.69, 9.17) is 9.72 Å². The van der Waals surface area contributed by atoms with Gasteiger partial charge in [-0.1, -0.05) is 12.1 Å². The Morgan fingerprint density at radius 1 is 1.22 bits per heavy atom. The summed E-state index contributed by atoms with van der Waals surface area (Å²) in [5.74, 6) is 1.74. The minimum absolute atomic E-state index is 0.191. The molecule has 6 rings (SSSR count). The quantitative estimate of drug-likeness (QED) is 0.492. The highest BCUT2D eigenvalue weighted by Gasteiger charge is 2.42. The number of β-amino-alcohol motifs (C(OH)–C–C–N with tert-alkyl or cyclic N) is 1. The fourth-order valence-electron chi connectivity index (χ4n) is 5.04. The van der Waals surface area contributed by atoms with Gasteiger partial charge in [-0.3, -0.25) is 9.69 Å².